The van der Waals surface area contributed by atoms with E-state index in [0.29, 0.717) is 43.2 Å². The van der Waals surface area contributed by atoms with Crippen molar-refractivity contribution in [3.05, 3.63) is 53.4 Å². The van der Waals surface area contributed by atoms with Gasteiger partial charge in [-0.1, -0.05) is 36.4 Å². The van der Waals surface area contributed by atoms with E-state index in [1.807, 2.05) is 49.1 Å². The van der Waals surface area contributed by atoms with Crippen LogP contribution in [0.5, 0.6) is 0 Å². The molecule has 0 aliphatic carbocycles. The first kappa shape index (κ1) is 22.0. The SMILES string of the molecule is CC(C)N(Cc1ccccc1)C(=O)CN1CCC(NS(=O)(=O)c2cccs2)CC1. The number of carbonyl (C=O) groups excluding carboxylic acids is 1. The maximum absolute atomic E-state index is 12.9. The molecule has 1 saturated heterocycles. The van der Waals surface area contributed by atoms with Crippen molar-refractivity contribution in [3.63, 3.8) is 0 Å². The van der Waals surface area contributed by atoms with Gasteiger partial charge in [-0.3, -0.25) is 9.69 Å². The molecule has 1 aromatic heterocycles. The minimum Gasteiger partial charge on any atom is -0.335 e. The molecule has 1 amide bonds. The van der Waals surface area contributed by atoms with Crippen LogP contribution in [0.15, 0.2) is 52.1 Å². The third kappa shape index (κ3) is 6.12. The molecule has 158 valence electrons. The highest BCUT2D eigenvalue weighted by Gasteiger charge is 2.27. The van der Waals surface area contributed by atoms with Gasteiger partial charge in [0.05, 0.1) is 6.54 Å². The average molecular weight is 436 g/mol. The Hall–Kier alpha value is -1.74. The molecule has 8 heteroatoms. The summed E-state index contributed by atoms with van der Waals surface area (Å²) in [6.07, 6.45) is 1.41. The van der Waals surface area contributed by atoms with E-state index in [9.17, 15) is 13.2 Å². The monoisotopic (exact) mass is 435 g/mol. The minimum absolute atomic E-state index is 0.0843. The zero-order valence-electron chi connectivity index (χ0n) is 17.0. The molecule has 0 unspecified atom stereocenters. The van der Waals surface area contributed by atoms with Gasteiger partial charge >= 0.3 is 0 Å². The number of nitrogens with one attached hydrogen (secondary N) is 1. The van der Waals surface area contributed by atoms with Crippen LogP contribution in [0, 0.1) is 0 Å². The molecule has 6 nitrogen and oxygen atoms in total. The lowest BCUT2D eigenvalue weighted by molar-refractivity contribution is -0.135. The van der Waals surface area contributed by atoms with E-state index in [1.54, 1.807) is 17.5 Å². The Morgan fingerprint density at radius 1 is 1.17 bits per heavy atom. The first-order chi connectivity index (χ1) is 13.8. The smallest absolute Gasteiger partial charge is 0.250 e. The molecular formula is C21H29N3O3S2. The summed E-state index contributed by atoms with van der Waals surface area (Å²) < 4.78 is 27.9. The Balaban J connectivity index is 1.51. The zero-order chi connectivity index (χ0) is 20.9. The summed E-state index contributed by atoms with van der Waals surface area (Å²) >= 11 is 1.22. The van der Waals surface area contributed by atoms with Gasteiger partial charge in [0.25, 0.3) is 0 Å². The topological polar surface area (TPSA) is 69.7 Å². The summed E-state index contributed by atoms with van der Waals surface area (Å²) in [6.45, 7) is 6.46. The molecule has 29 heavy (non-hydrogen) atoms. The molecule has 1 aliphatic heterocycles. The normalized spacial score (nSPS) is 16.2. The second-order valence-corrected chi connectivity index (χ2v) is 10.6. The summed E-state index contributed by atoms with van der Waals surface area (Å²) in [4.78, 5) is 16.9. The number of rotatable bonds is 8. The number of hydrogen-bond donors (Lipinski definition) is 1. The number of benzene rings is 1. The maximum atomic E-state index is 12.9. The van der Waals surface area contributed by atoms with Gasteiger partial charge in [0.1, 0.15) is 4.21 Å². The molecule has 1 fully saturated rings. The van der Waals surface area contributed by atoms with Gasteiger partial charge in [-0.2, -0.15) is 0 Å². The van der Waals surface area contributed by atoms with Crippen molar-refractivity contribution in [1.82, 2.24) is 14.5 Å². The van der Waals surface area contributed by atoms with Crippen LogP contribution in [0.3, 0.4) is 0 Å². The Morgan fingerprint density at radius 3 is 2.45 bits per heavy atom. The second kappa shape index (κ2) is 9.84. The molecule has 0 spiro atoms. The van der Waals surface area contributed by atoms with E-state index in [2.05, 4.69) is 9.62 Å². The largest absolute Gasteiger partial charge is 0.335 e. The fourth-order valence-electron chi connectivity index (χ4n) is 3.52. The lowest BCUT2D eigenvalue weighted by Gasteiger charge is -2.34. The van der Waals surface area contributed by atoms with E-state index < -0.39 is 10.0 Å². The molecule has 0 saturated carbocycles. The summed E-state index contributed by atoms with van der Waals surface area (Å²) in [5.41, 5.74) is 1.12. The quantitative estimate of drug-likeness (QED) is 0.692. The predicted molar refractivity (Wildman–Crippen MR) is 116 cm³/mol. The lowest BCUT2D eigenvalue weighted by atomic mass is 10.1. The Morgan fingerprint density at radius 2 is 1.86 bits per heavy atom. The Labute approximate surface area is 177 Å². The maximum Gasteiger partial charge on any atom is 0.250 e. The fraction of sp³-hybridized carbons (Fsp3) is 0.476. The van der Waals surface area contributed by atoms with E-state index in [1.165, 1.54) is 11.3 Å². The molecular weight excluding hydrogens is 406 g/mol. The van der Waals surface area contributed by atoms with Crippen molar-refractivity contribution in [2.75, 3.05) is 19.6 Å². The predicted octanol–water partition coefficient (Wildman–Crippen LogP) is 2.93. The highest BCUT2D eigenvalue weighted by molar-refractivity contribution is 7.91. The van der Waals surface area contributed by atoms with Crippen molar-refractivity contribution in [2.24, 2.45) is 0 Å². The molecule has 1 aliphatic rings. The van der Waals surface area contributed by atoms with Gasteiger partial charge in [0.2, 0.25) is 15.9 Å². The highest BCUT2D eigenvalue weighted by Crippen LogP contribution is 2.19. The molecule has 0 bridgehead atoms. The van der Waals surface area contributed by atoms with Gasteiger partial charge in [-0.05, 0) is 43.7 Å². The van der Waals surface area contributed by atoms with E-state index in [-0.39, 0.29) is 18.0 Å². The zero-order valence-corrected chi connectivity index (χ0v) is 18.6. The van der Waals surface area contributed by atoms with Crippen molar-refractivity contribution >= 4 is 27.3 Å². The van der Waals surface area contributed by atoms with Gasteiger partial charge in [0.15, 0.2) is 0 Å². The number of piperidine rings is 1. The van der Waals surface area contributed by atoms with Crippen molar-refractivity contribution < 1.29 is 13.2 Å². The van der Waals surface area contributed by atoms with Crippen molar-refractivity contribution in [2.45, 2.75) is 49.5 Å². The first-order valence-electron chi connectivity index (χ1n) is 9.97. The van der Waals surface area contributed by atoms with Crippen LogP contribution < -0.4 is 4.72 Å². The summed E-state index contributed by atoms with van der Waals surface area (Å²) in [6, 6.07) is 13.4. The van der Waals surface area contributed by atoms with Gasteiger partial charge < -0.3 is 4.90 Å². The second-order valence-electron chi connectivity index (χ2n) is 7.70. The number of sulfonamides is 1. The Kier molecular flexibility index (Phi) is 7.45. The van der Waals surface area contributed by atoms with Crippen LogP contribution in [0.1, 0.15) is 32.3 Å². The van der Waals surface area contributed by atoms with Crippen LogP contribution in [0.2, 0.25) is 0 Å². The molecule has 2 aromatic rings. The molecule has 1 aromatic carbocycles. The number of amides is 1. The van der Waals surface area contributed by atoms with Crippen LogP contribution in [0.25, 0.3) is 0 Å². The summed E-state index contributed by atoms with van der Waals surface area (Å²) in [5.74, 6) is 0.112. The summed E-state index contributed by atoms with van der Waals surface area (Å²) in [7, 11) is -3.44. The molecule has 3 rings (SSSR count). The number of carbonyl (C=O) groups is 1. The number of hydrogen-bond acceptors (Lipinski definition) is 5. The van der Waals surface area contributed by atoms with Crippen LogP contribution >= 0.6 is 11.3 Å². The Bertz CT molecular complexity index is 875. The van der Waals surface area contributed by atoms with Crippen molar-refractivity contribution in [3.8, 4) is 0 Å². The van der Waals surface area contributed by atoms with Gasteiger partial charge in [-0.25, -0.2) is 13.1 Å². The van der Waals surface area contributed by atoms with Crippen molar-refractivity contribution in [1.29, 1.82) is 0 Å². The average Bonchev–Trinajstić information content (AvgIpc) is 3.24. The standard InChI is InChI=1S/C21H29N3O3S2/c1-17(2)24(15-18-7-4-3-5-8-18)20(25)16-23-12-10-19(11-13-23)22-29(26,27)21-9-6-14-28-21/h3-9,14,17,19,22H,10-13,15-16H2,1-2H3. The number of nitrogens with zero attached hydrogens (tertiary/aromatic N) is 2. The van der Waals surface area contributed by atoms with Gasteiger partial charge in [-0.15, -0.1) is 11.3 Å². The third-order valence-electron chi connectivity index (χ3n) is 5.17. The lowest BCUT2D eigenvalue weighted by Crippen LogP contribution is -2.48. The van der Waals surface area contributed by atoms with E-state index >= 15 is 0 Å². The summed E-state index contributed by atoms with van der Waals surface area (Å²) in [5, 5.41) is 1.76. The highest BCUT2D eigenvalue weighted by atomic mass is 32.2. The van der Waals surface area contributed by atoms with Crippen LogP contribution in [-0.2, 0) is 21.4 Å². The first-order valence-corrected chi connectivity index (χ1v) is 12.3. The molecule has 2 heterocycles. The molecule has 1 N–H and O–H groups in total. The minimum atomic E-state index is -3.44. The molecule has 0 radical (unpaired) electrons. The van der Waals surface area contributed by atoms with Gasteiger partial charge in [0, 0.05) is 31.7 Å². The third-order valence-corrected chi connectivity index (χ3v) is 8.09. The number of likely N-dealkylation sites (tertiary alicyclic amines) is 1. The van der Waals surface area contributed by atoms with E-state index in [4.69, 9.17) is 0 Å². The van der Waals surface area contributed by atoms with Crippen LogP contribution in [0.4, 0.5) is 0 Å². The molecule has 0 atom stereocenters. The fourth-order valence-corrected chi connectivity index (χ4v) is 5.84. The number of thiophene rings is 1. The van der Waals surface area contributed by atoms with Crippen LogP contribution in [-0.4, -0.2) is 55.8 Å². The van der Waals surface area contributed by atoms with E-state index in [0.717, 1.165) is 5.56 Å².